The van der Waals surface area contributed by atoms with Gasteiger partial charge in [0.15, 0.2) is 0 Å². The fraction of sp³-hybridized carbons (Fsp3) is 0.857. The molecule has 0 bridgehead atoms. The first-order valence-corrected chi connectivity index (χ1v) is 6.70. The molecule has 0 N–H and O–H groups in total. The van der Waals surface area contributed by atoms with Gasteiger partial charge in [-0.1, -0.05) is 63.9 Å². The quantitative estimate of drug-likeness (QED) is 0.206. The van der Waals surface area contributed by atoms with Crippen LogP contribution in [0.4, 0.5) is 0 Å². The Hall–Kier alpha value is -1.17. The van der Waals surface area contributed by atoms with Crippen molar-refractivity contribution in [2.24, 2.45) is 17.0 Å². The minimum Gasteiger partial charge on any atom is -0.360 e. The maximum Gasteiger partial charge on any atom is 0.137 e. The highest BCUT2D eigenvalue weighted by Gasteiger charge is 2.05. The van der Waals surface area contributed by atoms with Gasteiger partial charge < -0.3 is 4.74 Å². The number of hydrogen-bond acceptors (Lipinski definition) is 2. The van der Waals surface area contributed by atoms with E-state index in [0.29, 0.717) is 12.5 Å². The van der Waals surface area contributed by atoms with E-state index in [9.17, 15) is 0 Å². The lowest BCUT2D eigenvalue weighted by atomic mass is 10.1. The van der Waals surface area contributed by atoms with Crippen molar-refractivity contribution in [2.45, 2.75) is 59.6 Å². The van der Waals surface area contributed by atoms with E-state index in [1.807, 2.05) is 13.8 Å². The molecule has 0 amide bonds. The van der Waals surface area contributed by atoms with Crippen molar-refractivity contribution in [3.8, 4) is 11.8 Å². The zero-order chi connectivity index (χ0) is 13.8. The molecule has 0 unspecified atom stereocenters. The van der Waals surface area contributed by atoms with Crippen LogP contribution in [-0.4, -0.2) is 12.8 Å². The molecule has 0 aromatic heterocycles. The molecule has 102 valence electrons. The van der Waals surface area contributed by atoms with E-state index in [-0.39, 0.29) is 6.23 Å². The van der Waals surface area contributed by atoms with Crippen LogP contribution in [0.3, 0.4) is 0 Å². The molecule has 0 saturated heterocycles. The van der Waals surface area contributed by atoms with Gasteiger partial charge in [0, 0.05) is 10.8 Å². The number of hydrogen-bond donors (Lipinski definition) is 0. The molecule has 0 aliphatic heterocycles. The van der Waals surface area contributed by atoms with Crippen LogP contribution in [0.5, 0.6) is 0 Å². The Morgan fingerprint density at radius 1 is 1.17 bits per heavy atom. The van der Waals surface area contributed by atoms with E-state index < -0.39 is 0 Å². The first kappa shape index (κ1) is 16.8. The third kappa shape index (κ3) is 11.3. The number of azide groups is 1. The smallest absolute Gasteiger partial charge is 0.137 e. The van der Waals surface area contributed by atoms with Gasteiger partial charge in [0.25, 0.3) is 0 Å². The van der Waals surface area contributed by atoms with Crippen molar-refractivity contribution in [2.75, 3.05) is 6.61 Å². The Labute approximate surface area is 111 Å². The summed E-state index contributed by atoms with van der Waals surface area (Å²) >= 11 is 0. The van der Waals surface area contributed by atoms with Crippen LogP contribution in [0.2, 0.25) is 0 Å². The molecule has 18 heavy (non-hydrogen) atoms. The lowest BCUT2D eigenvalue weighted by Crippen LogP contribution is -2.09. The molecule has 0 heterocycles. The topological polar surface area (TPSA) is 58.0 Å². The molecule has 0 radical (unpaired) electrons. The second kappa shape index (κ2) is 11.0. The van der Waals surface area contributed by atoms with Crippen molar-refractivity contribution < 1.29 is 4.74 Å². The molecule has 1 atom stereocenters. The van der Waals surface area contributed by atoms with Gasteiger partial charge in [-0.15, -0.1) is 0 Å². The summed E-state index contributed by atoms with van der Waals surface area (Å²) in [6.45, 7) is 8.82. The first-order valence-electron chi connectivity index (χ1n) is 6.70. The van der Waals surface area contributed by atoms with Crippen LogP contribution >= 0.6 is 0 Å². The van der Waals surface area contributed by atoms with Gasteiger partial charge in [0.1, 0.15) is 12.8 Å². The predicted octanol–water partition coefficient (Wildman–Crippen LogP) is 4.52. The Kier molecular flexibility index (Phi) is 10.2. The third-order valence-corrected chi connectivity index (χ3v) is 2.40. The molecule has 0 fully saturated rings. The third-order valence-electron chi connectivity index (χ3n) is 2.40. The highest BCUT2D eigenvalue weighted by atomic mass is 16.5. The molecular weight excluding hydrogens is 226 g/mol. The second-order valence-electron chi connectivity index (χ2n) is 5.12. The fourth-order valence-electron chi connectivity index (χ4n) is 1.49. The van der Waals surface area contributed by atoms with Crippen LogP contribution in [0.1, 0.15) is 53.4 Å². The van der Waals surface area contributed by atoms with E-state index in [1.165, 1.54) is 6.42 Å². The standard InChI is InChI=1S/C14H25N3O/c1-12(2)8-5-6-10-14(16-17-15)18-11-7-9-13(3)4/h12-14H,5-6,8,10-11H2,1-4H3/t14-/m0/s1. The number of rotatable bonds is 8. The lowest BCUT2D eigenvalue weighted by Gasteiger charge is -2.10. The minimum absolute atomic E-state index is 0.339. The summed E-state index contributed by atoms with van der Waals surface area (Å²) in [5.74, 6) is 7.01. The van der Waals surface area contributed by atoms with Crippen molar-refractivity contribution in [1.82, 2.24) is 0 Å². The monoisotopic (exact) mass is 251 g/mol. The second-order valence-corrected chi connectivity index (χ2v) is 5.12. The van der Waals surface area contributed by atoms with Gasteiger partial charge in [-0.2, -0.15) is 0 Å². The molecular formula is C14H25N3O. The van der Waals surface area contributed by atoms with Crippen LogP contribution in [-0.2, 0) is 4.74 Å². The molecule has 0 aromatic carbocycles. The molecule has 0 rings (SSSR count). The van der Waals surface area contributed by atoms with Gasteiger partial charge in [-0.05, 0) is 17.9 Å². The first-order chi connectivity index (χ1) is 8.56. The summed E-state index contributed by atoms with van der Waals surface area (Å²) in [6, 6.07) is 0. The van der Waals surface area contributed by atoms with Gasteiger partial charge in [-0.25, -0.2) is 0 Å². The van der Waals surface area contributed by atoms with E-state index >= 15 is 0 Å². The summed E-state index contributed by atoms with van der Waals surface area (Å²) in [5.41, 5.74) is 8.47. The summed E-state index contributed by atoms with van der Waals surface area (Å²) in [6.07, 6.45) is 3.79. The van der Waals surface area contributed by atoms with E-state index in [1.54, 1.807) is 0 Å². The van der Waals surface area contributed by atoms with Gasteiger partial charge >= 0.3 is 0 Å². The normalized spacial score (nSPS) is 11.9. The van der Waals surface area contributed by atoms with Gasteiger partial charge in [-0.3, -0.25) is 0 Å². The van der Waals surface area contributed by atoms with Crippen LogP contribution in [0, 0.1) is 23.7 Å². The average Bonchev–Trinajstić information content (AvgIpc) is 2.29. The van der Waals surface area contributed by atoms with Crippen molar-refractivity contribution in [1.29, 1.82) is 0 Å². The molecule has 0 aromatic rings. The average molecular weight is 251 g/mol. The molecule has 0 aliphatic rings. The number of unbranched alkanes of at least 4 members (excludes halogenated alkanes) is 1. The molecule has 4 nitrogen and oxygen atoms in total. The summed E-state index contributed by atoms with van der Waals surface area (Å²) in [5, 5.41) is 3.65. The summed E-state index contributed by atoms with van der Waals surface area (Å²) in [4.78, 5) is 2.82. The SMILES string of the molecule is CC(C)C#CCO[C@@H](CCCCC(C)C)N=[N+]=[N-]. The van der Waals surface area contributed by atoms with Crippen molar-refractivity contribution >= 4 is 0 Å². The molecule has 0 aliphatic carbocycles. The van der Waals surface area contributed by atoms with Crippen LogP contribution < -0.4 is 0 Å². The zero-order valence-electron chi connectivity index (χ0n) is 12.0. The van der Waals surface area contributed by atoms with Gasteiger partial charge in [0.05, 0.1) is 0 Å². The van der Waals surface area contributed by atoms with E-state index in [0.717, 1.165) is 25.2 Å². The van der Waals surface area contributed by atoms with Crippen LogP contribution in [0.15, 0.2) is 5.11 Å². The molecule has 4 heteroatoms. The predicted molar refractivity (Wildman–Crippen MR) is 74.8 cm³/mol. The van der Waals surface area contributed by atoms with Gasteiger partial charge in [0.2, 0.25) is 0 Å². The number of nitrogens with zero attached hydrogens (tertiary/aromatic N) is 3. The Morgan fingerprint density at radius 2 is 1.83 bits per heavy atom. The van der Waals surface area contributed by atoms with E-state index in [2.05, 4.69) is 35.7 Å². The fourth-order valence-corrected chi connectivity index (χ4v) is 1.49. The van der Waals surface area contributed by atoms with Crippen LogP contribution in [0.25, 0.3) is 10.4 Å². The maximum absolute atomic E-state index is 8.47. The molecule has 0 spiro atoms. The molecule has 0 saturated carbocycles. The van der Waals surface area contributed by atoms with E-state index in [4.69, 9.17) is 10.3 Å². The summed E-state index contributed by atoms with van der Waals surface area (Å²) in [7, 11) is 0. The maximum atomic E-state index is 8.47. The van der Waals surface area contributed by atoms with Crippen molar-refractivity contribution in [3.63, 3.8) is 0 Å². The lowest BCUT2D eigenvalue weighted by molar-refractivity contribution is 0.0743. The highest BCUT2D eigenvalue weighted by Crippen LogP contribution is 2.12. The van der Waals surface area contributed by atoms with Crippen molar-refractivity contribution in [3.05, 3.63) is 10.4 Å². The zero-order valence-corrected chi connectivity index (χ0v) is 12.0. The minimum atomic E-state index is -0.372. The Balaban J connectivity index is 3.86. The largest absolute Gasteiger partial charge is 0.360 e. The summed E-state index contributed by atoms with van der Waals surface area (Å²) < 4.78 is 5.45. The Morgan fingerprint density at radius 3 is 2.39 bits per heavy atom. The Bertz CT molecular complexity index is 309. The highest BCUT2D eigenvalue weighted by molar-refractivity contribution is 5.01. The number of ether oxygens (including phenoxy) is 1.